The zero-order valence-corrected chi connectivity index (χ0v) is 13.2. The molecular weight excluding hydrogens is 366 g/mol. The van der Waals surface area contributed by atoms with E-state index >= 15 is 0 Å². The Morgan fingerprint density at radius 1 is 0.741 bits per heavy atom. The van der Waals surface area contributed by atoms with Crippen LogP contribution in [0.15, 0.2) is 30.3 Å². The molecule has 0 aliphatic heterocycles. The van der Waals surface area contributed by atoms with Crippen molar-refractivity contribution in [2.75, 3.05) is 5.73 Å². The molecule has 0 aliphatic carbocycles. The summed E-state index contributed by atoms with van der Waals surface area (Å²) in [5.74, 6) is 0. The van der Waals surface area contributed by atoms with Gasteiger partial charge in [0, 0.05) is 12.1 Å². The van der Waals surface area contributed by atoms with Gasteiger partial charge in [-0.25, -0.2) is 0 Å². The van der Waals surface area contributed by atoms with Crippen molar-refractivity contribution in [2.45, 2.75) is 0 Å². The molecule has 0 saturated heterocycles. The molecule has 0 amide bonds. The van der Waals surface area contributed by atoms with Crippen LogP contribution in [-0.4, -0.2) is 19.7 Å². The number of hydrogen-bond acceptors (Lipinski definition) is 9. The van der Waals surface area contributed by atoms with Crippen molar-refractivity contribution in [1.29, 1.82) is 0 Å². The second-order valence-electron chi connectivity index (χ2n) is 5.04. The van der Waals surface area contributed by atoms with E-state index in [4.69, 9.17) is 5.73 Å². The normalized spacial score (nSPS) is 10.7. The number of non-ortho nitro benzene ring substituents is 1. The fourth-order valence-electron chi connectivity index (χ4n) is 2.22. The van der Waals surface area contributed by atoms with E-state index in [0.717, 1.165) is 6.08 Å². The summed E-state index contributed by atoms with van der Waals surface area (Å²) in [6.45, 7) is 0. The molecule has 0 aliphatic rings. The molecule has 0 atom stereocenters. The Bertz CT molecular complexity index is 1000. The van der Waals surface area contributed by atoms with Crippen LogP contribution in [0.3, 0.4) is 0 Å². The molecule has 0 spiro atoms. The van der Waals surface area contributed by atoms with Crippen LogP contribution < -0.4 is 5.73 Å². The summed E-state index contributed by atoms with van der Waals surface area (Å²) in [5, 5.41) is 44.1. The first kappa shape index (κ1) is 18.9. The lowest BCUT2D eigenvalue weighted by atomic mass is 10.1. The molecule has 0 fully saturated rings. The fraction of sp³-hybridized carbons (Fsp3) is 0. The zero-order chi connectivity index (χ0) is 20.3. The van der Waals surface area contributed by atoms with Gasteiger partial charge >= 0.3 is 11.4 Å². The van der Waals surface area contributed by atoms with Crippen LogP contribution in [0, 0.1) is 40.5 Å². The van der Waals surface area contributed by atoms with Crippen molar-refractivity contribution in [2.24, 2.45) is 0 Å². The fourth-order valence-corrected chi connectivity index (χ4v) is 2.22. The van der Waals surface area contributed by atoms with Crippen LogP contribution in [0.2, 0.25) is 0 Å². The summed E-state index contributed by atoms with van der Waals surface area (Å²) in [6, 6.07) is 5.53. The number of benzene rings is 2. The number of nitro groups is 4. The predicted molar refractivity (Wildman–Crippen MR) is 92.8 cm³/mol. The Morgan fingerprint density at radius 2 is 1.30 bits per heavy atom. The molecule has 138 valence electrons. The molecule has 27 heavy (non-hydrogen) atoms. The maximum atomic E-state index is 11.3. The summed E-state index contributed by atoms with van der Waals surface area (Å²) in [4.78, 5) is 40.4. The SMILES string of the molecule is Nc1c([N+](=O)[O-])cc([N+](=O)[O-])c(C=Cc2ccc([N+](=O)[O-])cc2)c1[N+](=O)[O-]. The summed E-state index contributed by atoms with van der Waals surface area (Å²) in [5.41, 5.74) is 1.45. The van der Waals surface area contributed by atoms with Gasteiger partial charge in [0.2, 0.25) is 0 Å². The summed E-state index contributed by atoms with van der Waals surface area (Å²) in [7, 11) is 0. The lowest BCUT2D eigenvalue weighted by Gasteiger charge is -2.04. The van der Waals surface area contributed by atoms with Gasteiger partial charge in [0.25, 0.3) is 11.4 Å². The first-order valence-corrected chi connectivity index (χ1v) is 6.95. The maximum Gasteiger partial charge on any atom is 0.313 e. The third kappa shape index (κ3) is 3.81. The van der Waals surface area contributed by atoms with Gasteiger partial charge in [-0.05, 0) is 23.8 Å². The van der Waals surface area contributed by atoms with Crippen molar-refractivity contribution in [3.63, 3.8) is 0 Å². The second kappa shape index (κ2) is 7.22. The molecule has 2 aromatic carbocycles. The molecular formula is C14H9N5O8. The lowest BCUT2D eigenvalue weighted by molar-refractivity contribution is -0.402. The molecule has 0 aromatic heterocycles. The number of nitrogen functional groups attached to an aromatic ring is 1. The summed E-state index contributed by atoms with van der Waals surface area (Å²) >= 11 is 0. The molecule has 0 bridgehead atoms. The highest BCUT2D eigenvalue weighted by Gasteiger charge is 2.34. The molecule has 2 aromatic rings. The number of nitrogens with zero attached hydrogens (tertiary/aromatic N) is 4. The lowest BCUT2D eigenvalue weighted by Crippen LogP contribution is -2.05. The van der Waals surface area contributed by atoms with E-state index in [0.29, 0.717) is 11.6 Å². The van der Waals surface area contributed by atoms with Gasteiger partial charge in [-0.3, -0.25) is 40.5 Å². The van der Waals surface area contributed by atoms with Gasteiger partial charge in [0.05, 0.1) is 25.8 Å². The first-order valence-electron chi connectivity index (χ1n) is 6.95. The Kier molecular flexibility index (Phi) is 5.06. The van der Waals surface area contributed by atoms with Gasteiger partial charge < -0.3 is 5.73 Å². The van der Waals surface area contributed by atoms with Gasteiger partial charge in [-0.1, -0.05) is 6.08 Å². The Hall–Kier alpha value is -4.42. The Morgan fingerprint density at radius 3 is 1.74 bits per heavy atom. The highest BCUT2D eigenvalue weighted by Crippen LogP contribution is 2.41. The Balaban J connectivity index is 2.65. The van der Waals surface area contributed by atoms with Crippen LogP contribution in [0.5, 0.6) is 0 Å². The van der Waals surface area contributed by atoms with Gasteiger partial charge in [0.15, 0.2) is 5.69 Å². The van der Waals surface area contributed by atoms with Crippen molar-refractivity contribution < 1.29 is 19.7 Å². The van der Waals surface area contributed by atoms with Crippen molar-refractivity contribution in [3.8, 4) is 0 Å². The van der Waals surface area contributed by atoms with Crippen LogP contribution in [0.1, 0.15) is 11.1 Å². The number of anilines is 1. The van der Waals surface area contributed by atoms with Gasteiger partial charge in [0.1, 0.15) is 5.56 Å². The molecule has 0 unspecified atom stereocenters. The van der Waals surface area contributed by atoms with E-state index in [1.165, 1.54) is 30.3 Å². The van der Waals surface area contributed by atoms with Crippen molar-refractivity contribution >= 4 is 40.6 Å². The van der Waals surface area contributed by atoms with Crippen LogP contribution in [0.25, 0.3) is 12.2 Å². The molecule has 2 rings (SSSR count). The monoisotopic (exact) mass is 375 g/mol. The van der Waals surface area contributed by atoms with Crippen LogP contribution in [-0.2, 0) is 0 Å². The van der Waals surface area contributed by atoms with E-state index in [9.17, 15) is 40.5 Å². The van der Waals surface area contributed by atoms with Crippen LogP contribution >= 0.6 is 0 Å². The van der Waals surface area contributed by atoms with E-state index < -0.39 is 48.0 Å². The highest BCUT2D eigenvalue weighted by molar-refractivity contribution is 5.88. The average molecular weight is 375 g/mol. The highest BCUT2D eigenvalue weighted by atomic mass is 16.6. The number of rotatable bonds is 6. The molecule has 2 N–H and O–H groups in total. The van der Waals surface area contributed by atoms with E-state index in [-0.39, 0.29) is 5.69 Å². The summed E-state index contributed by atoms with van der Waals surface area (Å²) < 4.78 is 0. The minimum atomic E-state index is -1.06. The van der Waals surface area contributed by atoms with Crippen LogP contribution in [0.4, 0.5) is 28.4 Å². The largest absolute Gasteiger partial charge is 0.387 e. The number of nitro benzene ring substituents is 4. The minimum Gasteiger partial charge on any atom is -0.387 e. The molecule has 13 heteroatoms. The molecule has 0 saturated carbocycles. The second-order valence-corrected chi connectivity index (χ2v) is 5.04. The maximum absolute atomic E-state index is 11.3. The van der Waals surface area contributed by atoms with Gasteiger partial charge in [-0.2, -0.15) is 0 Å². The standard InChI is InChI=1S/C14H9N5O8/c15-13-12(18(24)25)7-11(17(22)23)10(14(13)19(26)27)6-3-8-1-4-9(5-2-8)16(20)21/h1-7H,15H2. The van der Waals surface area contributed by atoms with E-state index in [1.54, 1.807) is 0 Å². The molecule has 13 nitrogen and oxygen atoms in total. The number of nitrogens with two attached hydrogens (primary N) is 1. The molecule has 0 radical (unpaired) electrons. The van der Waals surface area contributed by atoms with Crippen molar-refractivity contribution in [3.05, 3.63) is 81.9 Å². The van der Waals surface area contributed by atoms with Crippen molar-refractivity contribution in [1.82, 2.24) is 0 Å². The first-order chi connectivity index (χ1) is 12.6. The van der Waals surface area contributed by atoms with Gasteiger partial charge in [-0.15, -0.1) is 0 Å². The summed E-state index contributed by atoms with van der Waals surface area (Å²) in [6.07, 6.45) is 2.22. The van der Waals surface area contributed by atoms with E-state index in [1.807, 2.05) is 0 Å². The zero-order valence-electron chi connectivity index (χ0n) is 13.2. The molecule has 0 heterocycles. The van der Waals surface area contributed by atoms with E-state index in [2.05, 4.69) is 0 Å². The third-order valence-electron chi connectivity index (χ3n) is 3.46. The topological polar surface area (TPSA) is 199 Å². The minimum absolute atomic E-state index is 0.191. The quantitative estimate of drug-likeness (QED) is 0.341. The average Bonchev–Trinajstić information content (AvgIpc) is 2.59. The third-order valence-corrected chi connectivity index (χ3v) is 3.46. The number of hydrogen-bond donors (Lipinski definition) is 1. The smallest absolute Gasteiger partial charge is 0.313 e. The predicted octanol–water partition coefficient (Wildman–Crippen LogP) is 3.07. The Labute approximate surface area is 148 Å².